The Balaban J connectivity index is 1.40. The maximum absolute atomic E-state index is 12.8. The van der Waals surface area contributed by atoms with Crippen molar-refractivity contribution in [1.29, 1.82) is 0 Å². The van der Waals surface area contributed by atoms with Crippen molar-refractivity contribution in [2.45, 2.75) is 31.7 Å². The Labute approximate surface area is 178 Å². The van der Waals surface area contributed by atoms with Crippen LogP contribution >= 0.6 is 0 Å². The normalized spacial score (nSPS) is 20.9. The minimum absolute atomic E-state index is 0.0488. The first-order valence-electron chi connectivity index (χ1n) is 10.9. The van der Waals surface area contributed by atoms with Crippen molar-refractivity contribution in [3.8, 4) is 11.5 Å². The molecule has 2 fully saturated rings. The van der Waals surface area contributed by atoms with Crippen molar-refractivity contribution in [2.24, 2.45) is 0 Å². The van der Waals surface area contributed by atoms with Crippen LogP contribution in [-0.2, 0) is 4.79 Å². The van der Waals surface area contributed by atoms with Gasteiger partial charge in [-0.25, -0.2) is 0 Å². The monoisotopic (exact) mass is 410 g/mol. The van der Waals surface area contributed by atoms with Gasteiger partial charge in [-0.1, -0.05) is 0 Å². The van der Waals surface area contributed by atoms with Gasteiger partial charge in [-0.2, -0.15) is 0 Å². The molecule has 6 heteroatoms. The van der Waals surface area contributed by atoms with Gasteiger partial charge >= 0.3 is 0 Å². The molecule has 160 valence electrons. The SMILES string of the molecule is COc1ccc(OC)c([C@H]2CCC[NH+]2CC(=O)Nc2ccc(N3CCCC3)cc2)c1. The topological polar surface area (TPSA) is 55.2 Å². The summed E-state index contributed by atoms with van der Waals surface area (Å²) in [5.41, 5.74) is 3.21. The van der Waals surface area contributed by atoms with E-state index < -0.39 is 0 Å². The highest BCUT2D eigenvalue weighted by Gasteiger charge is 2.34. The maximum atomic E-state index is 12.8. The lowest BCUT2D eigenvalue weighted by Gasteiger charge is -2.23. The van der Waals surface area contributed by atoms with Crippen molar-refractivity contribution < 1.29 is 19.2 Å². The second kappa shape index (κ2) is 9.39. The molecule has 2 aliphatic heterocycles. The molecule has 0 radical (unpaired) electrons. The minimum atomic E-state index is 0.0488. The second-order valence-corrected chi connectivity index (χ2v) is 8.18. The Bertz CT molecular complexity index is 862. The molecular weight excluding hydrogens is 378 g/mol. The van der Waals surface area contributed by atoms with E-state index >= 15 is 0 Å². The smallest absolute Gasteiger partial charge is 0.279 e. The van der Waals surface area contributed by atoms with E-state index in [0.717, 1.165) is 55.2 Å². The number of rotatable bonds is 7. The Morgan fingerprint density at radius 3 is 2.53 bits per heavy atom. The van der Waals surface area contributed by atoms with E-state index in [-0.39, 0.29) is 11.9 Å². The molecule has 0 bridgehead atoms. The van der Waals surface area contributed by atoms with Crippen molar-refractivity contribution in [2.75, 3.05) is 50.6 Å². The third kappa shape index (κ3) is 4.54. The van der Waals surface area contributed by atoms with E-state index in [1.165, 1.54) is 23.4 Å². The first-order valence-corrected chi connectivity index (χ1v) is 10.9. The van der Waals surface area contributed by atoms with Gasteiger partial charge in [0.25, 0.3) is 5.91 Å². The quantitative estimate of drug-likeness (QED) is 0.737. The van der Waals surface area contributed by atoms with Crippen LogP contribution in [0.2, 0.25) is 0 Å². The summed E-state index contributed by atoms with van der Waals surface area (Å²) in [5, 5.41) is 3.08. The molecule has 2 atom stereocenters. The summed E-state index contributed by atoms with van der Waals surface area (Å²) in [6, 6.07) is 14.4. The second-order valence-electron chi connectivity index (χ2n) is 8.18. The third-order valence-electron chi connectivity index (χ3n) is 6.31. The van der Waals surface area contributed by atoms with Crippen LogP contribution in [0.25, 0.3) is 0 Å². The highest BCUT2D eigenvalue weighted by atomic mass is 16.5. The van der Waals surface area contributed by atoms with Gasteiger partial charge in [0.15, 0.2) is 6.54 Å². The van der Waals surface area contributed by atoms with E-state index in [2.05, 4.69) is 22.3 Å². The lowest BCUT2D eigenvalue weighted by Crippen LogP contribution is -3.11. The number of carbonyl (C=O) groups excluding carboxylic acids is 1. The van der Waals surface area contributed by atoms with E-state index in [0.29, 0.717) is 6.54 Å². The van der Waals surface area contributed by atoms with Gasteiger partial charge in [-0.05, 0) is 55.3 Å². The maximum Gasteiger partial charge on any atom is 0.279 e. The zero-order chi connectivity index (χ0) is 20.9. The molecule has 1 amide bonds. The summed E-state index contributed by atoms with van der Waals surface area (Å²) in [6.07, 6.45) is 4.65. The number of amides is 1. The fourth-order valence-electron chi connectivity index (χ4n) is 4.75. The molecule has 4 rings (SSSR count). The molecule has 30 heavy (non-hydrogen) atoms. The fraction of sp³-hybridized carbons (Fsp3) is 0.458. The molecule has 2 aliphatic rings. The van der Waals surface area contributed by atoms with Gasteiger partial charge in [0.1, 0.15) is 17.5 Å². The van der Waals surface area contributed by atoms with E-state index in [1.807, 2.05) is 30.3 Å². The third-order valence-corrected chi connectivity index (χ3v) is 6.31. The molecule has 2 N–H and O–H groups in total. The standard InChI is InChI=1S/C24H31N3O3/c1-29-20-11-12-23(30-2)21(16-20)22-6-5-15-27(22)17-24(28)25-18-7-9-19(10-8-18)26-13-3-4-14-26/h7-12,16,22H,3-6,13-15,17H2,1-2H3,(H,25,28)/p+1/t22-/m1/s1. The van der Waals surface area contributed by atoms with Crippen LogP contribution in [0, 0.1) is 0 Å². The van der Waals surface area contributed by atoms with Gasteiger partial charge in [-0.3, -0.25) is 4.79 Å². The number of nitrogens with zero attached hydrogens (tertiary/aromatic N) is 1. The summed E-state index contributed by atoms with van der Waals surface area (Å²) in [5.74, 6) is 1.73. The predicted molar refractivity (Wildman–Crippen MR) is 119 cm³/mol. The molecule has 0 saturated carbocycles. The number of likely N-dealkylation sites (tertiary alicyclic amines) is 1. The number of anilines is 2. The Morgan fingerprint density at radius 1 is 1.07 bits per heavy atom. The molecule has 6 nitrogen and oxygen atoms in total. The zero-order valence-electron chi connectivity index (χ0n) is 17.9. The average molecular weight is 411 g/mol. The van der Waals surface area contributed by atoms with Gasteiger partial charge in [0, 0.05) is 37.3 Å². The number of ether oxygens (including phenoxy) is 2. The van der Waals surface area contributed by atoms with Gasteiger partial charge in [-0.15, -0.1) is 0 Å². The van der Waals surface area contributed by atoms with E-state index in [9.17, 15) is 4.79 Å². The van der Waals surface area contributed by atoms with Crippen molar-refractivity contribution in [3.63, 3.8) is 0 Å². The highest BCUT2D eigenvalue weighted by Crippen LogP contribution is 2.31. The number of methoxy groups -OCH3 is 2. The minimum Gasteiger partial charge on any atom is -0.497 e. The Morgan fingerprint density at radius 2 is 1.83 bits per heavy atom. The van der Waals surface area contributed by atoms with Gasteiger partial charge in [0.2, 0.25) is 0 Å². The molecule has 2 heterocycles. The summed E-state index contributed by atoms with van der Waals surface area (Å²) >= 11 is 0. The summed E-state index contributed by atoms with van der Waals surface area (Å²) in [6.45, 7) is 3.67. The fourth-order valence-corrected chi connectivity index (χ4v) is 4.75. The van der Waals surface area contributed by atoms with Crippen molar-refractivity contribution >= 4 is 17.3 Å². The van der Waals surface area contributed by atoms with Crippen molar-refractivity contribution in [3.05, 3.63) is 48.0 Å². The largest absolute Gasteiger partial charge is 0.497 e. The van der Waals surface area contributed by atoms with Crippen LogP contribution in [0.5, 0.6) is 11.5 Å². The van der Waals surface area contributed by atoms with Gasteiger partial charge in [0.05, 0.1) is 26.3 Å². The molecule has 0 aliphatic carbocycles. The predicted octanol–water partition coefficient (Wildman–Crippen LogP) is 2.66. The number of hydrogen-bond donors (Lipinski definition) is 2. The van der Waals surface area contributed by atoms with Crippen LogP contribution in [0.4, 0.5) is 11.4 Å². The number of hydrogen-bond acceptors (Lipinski definition) is 4. The molecule has 2 aromatic carbocycles. The molecule has 0 spiro atoms. The summed E-state index contributed by atoms with van der Waals surface area (Å²) in [4.78, 5) is 16.4. The molecule has 0 aromatic heterocycles. The molecule has 1 unspecified atom stereocenters. The zero-order valence-corrected chi connectivity index (χ0v) is 17.9. The van der Waals surface area contributed by atoms with Crippen LogP contribution in [0.3, 0.4) is 0 Å². The molecule has 2 saturated heterocycles. The average Bonchev–Trinajstić information content (AvgIpc) is 3.46. The van der Waals surface area contributed by atoms with Crippen LogP contribution in [0.1, 0.15) is 37.3 Å². The first-order chi connectivity index (χ1) is 14.7. The number of benzene rings is 2. The number of carbonyl (C=O) groups is 1. The Kier molecular flexibility index (Phi) is 6.43. The highest BCUT2D eigenvalue weighted by molar-refractivity contribution is 5.91. The number of quaternary nitrogens is 1. The summed E-state index contributed by atoms with van der Waals surface area (Å²) < 4.78 is 11.0. The molecular formula is C24H32N3O3+. The number of nitrogens with one attached hydrogen (secondary N) is 2. The molecule has 2 aromatic rings. The van der Waals surface area contributed by atoms with Crippen molar-refractivity contribution in [1.82, 2.24) is 0 Å². The Hall–Kier alpha value is -2.73. The van der Waals surface area contributed by atoms with Crippen LogP contribution in [-0.4, -0.2) is 46.3 Å². The van der Waals surface area contributed by atoms with Crippen LogP contribution < -0.4 is 24.6 Å². The van der Waals surface area contributed by atoms with Crippen LogP contribution in [0.15, 0.2) is 42.5 Å². The summed E-state index contributed by atoms with van der Waals surface area (Å²) in [7, 11) is 3.37. The lowest BCUT2D eigenvalue weighted by molar-refractivity contribution is -0.910. The van der Waals surface area contributed by atoms with E-state index in [4.69, 9.17) is 9.47 Å². The lowest BCUT2D eigenvalue weighted by atomic mass is 10.0. The van der Waals surface area contributed by atoms with Gasteiger partial charge < -0.3 is 24.6 Å². The van der Waals surface area contributed by atoms with E-state index in [1.54, 1.807) is 14.2 Å². The first kappa shape index (κ1) is 20.5.